The van der Waals surface area contributed by atoms with E-state index >= 15 is 0 Å². The van der Waals surface area contributed by atoms with Gasteiger partial charge in [0.25, 0.3) is 0 Å². The van der Waals surface area contributed by atoms with E-state index in [0.717, 1.165) is 22.5 Å². The SMILES string of the molecule is CC(=O)c1cccc(N=Nc2c(-c3ccccc3)nc3cc(C)ccn23)c1. The van der Waals surface area contributed by atoms with Gasteiger partial charge in [-0.15, -0.1) is 10.2 Å². The van der Waals surface area contributed by atoms with Crippen molar-refractivity contribution in [3.05, 3.63) is 84.1 Å². The minimum absolute atomic E-state index is 0.00213. The average molecular weight is 354 g/mol. The first kappa shape index (κ1) is 16.8. The number of azo groups is 1. The lowest BCUT2D eigenvalue weighted by molar-refractivity contribution is 0.101. The third kappa shape index (κ3) is 3.40. The Balaban J connectivity index is 1.85. The highest BCUT2D eigenvalue weighted by atomic mass is 16.1. The van der Waals surface area contributed by atoms with Crippen molar-refractivity contribution in [3.63, 3.8) is 0 Å². The van der Waals surface area contributed by atoms with Crippen LogP contribution < -0.4 is 0 Å². The van der Waals surface area contributed by atoms with Crippen molar-refractivity contribution in [1.29, 1.82) is 0 Å². The van der Waals surface area contributed by atoms with Crippen LogP contribution in [0.2, 0.25) is 0 Å². The number of imidazole rings is 1. The van der Waals surface area contributed by atoms with Crippen LogP contribution in [-0.4, -0.2) is 15.2 Å². The molecule has 0 aliphatic carbocycles. The Labute approximate surface area is 157 Å². The summed E-state index contributed by atoms with van der Waals surface area (Å²) >= 11 is 0. The van der Waals surface area contributed by atoms with E-state index in [4.69, 9.17) is 4.98 Å². The molecule has 2 heterocycles. The van der Waals surface area contributed by atoms with Crippen molar-refractivity contribution >= 4 is 22.9 Å². The smallest absolute Gasteiger partial charge is 0.187 e. The van der Waals surface area contributed by atoms with Crippen molar-refractivity contribution < 1.29 is 4.79 Å². The minimum atomic E-state index is 0.00213. The van der Waals surface area contributed by atoms with E-state index < -0.39 is 0 Å². The van der Waals surface area contributed by atoms with Crippen LogP contribution in [0, 0.1) is 6.92 Å². The number of rotatable bonds is 4. The van der Waals surface area contributed by atoms with Gasteiger partial charge in [0.2, 0.25) is 0 Å². The Morgan fingerprint density at radius 3 is 2.56 bits per heavy atom. The number of aromatic nitrogens is 2. The first-order chi connectivity index (χ1) is 13.1. The molecule has 0 aliphatic rings. The van der Waals surface area contributed by atoms with Gasteiger partial charge in [-0.2, -0.15) is 0 Å². The standard InChI is InChI=1S/C22H18N4O/c1-15-11-12-26-20(13-15)23-21(17-7-4-3-5-8-17)22(26)25-24-19-10-6-9-18(14-19)16(2)27/h3-14H,1-2H3. The van der Waals surface area contributed by atoms with Gasteiger partial charge in [-0.25, -0.2) is 4.98 Å². The highest BCUT2D eigenvalue weighted by Crippen LogP contribution is 2.32. The Hall–Kier alpha value is -3.60. The van der Waals surface area contributed by atoms with E-state index in [1.165, 1.54) is 6.92 Å². The van der Waals surface area contributed by atoms with Crippen LogP contribution >= 0.6 is 0 Å². The lowest BCUT2D eigenvalue weighted by Crippen LogP contribution is -1.89. The summed E-state index contributed by atoms with van der Waals surface area (Å²) in [5.74, 6) is 0.659. The maximum atomic E-state index is 11.6. The van der Waals surface area contributed by atoms with Gasteiger partial charge in [-0.1, -0.05) is 42.5 Å². The van der Waals surface area contributed by atoms with Crippen LogP contribution in [-0.2, 0) is 0 Å². The fourth-order valence-electron chi connectivity index (χ4n) is 2.91. The molecule has 0 bridgehead atoms. The van der Waals surface area contributed by atoms with Crippen LogP contribution in [0.15, 0.2) is 83.2 Å². The zero-order valence-corrected chi connectivity index (χ0v) is 15.1. The Morgan fingerprint density at radius 2 is 1.78 bits per heavy atom. The number of carbonyl (C=O) groups excluding carboxylic acids is 1. The summed E-state index contributed by atoms with van der Waals surface area (Å²) in [7, 11) is 0. The molecule has 132 valence electrons. The molecule has 0 N–H and O–H groups in total. The van der Waals surface area contributed by atoms with Crippen LogP contribution in [0.4, 0.5) is 11.5 Å². The van der Waals surface area contributed by atoms with Gasteiger partial charge in [0.05, 0.1) is 5.69 Å². The quantitative estimate of drug-likeness (QED) is 0.337. The van der Waals surface area contributed by atoms with Gasteiger partial charge >= 0.3 is 0 Å². The Bertz CT molecular complexity index is 1160. The molecule has 0 saturated carbocycles. The summed E-state index contributed by atoms with van der Waals surface area (Å²) in [6, 6.07) is 21.1. The summed E-state index contributed by atoms with van der Waals surface area (Å²) in [5, 5.41) is 8.85. The van der Waals surface area contributed by atoms with Crippen molar-refractivity contribution in [1.82, 2.24) is 9.38 Å². The summed E-state index contributed by atoms with van der Waals surface area (Å²) in [4.78, 5) is 16.3. The zero-order valence-electron chi connectivity index (χ0n) is 15.1. The molecular weight excluding hydrogens is 336 g/mol. The molecule has 2 aromatic heterocycles. The monoisotopic (exact) mass is 354 g/mol. The predicted molar refractivity (Wildman–Crippen MR) is 106 cm³/mol. The molecule has 5 heteroatoms. The maximum Gasteiger partial charge on any atom is 0.187 e. The molecule has 4 aromatic rings. The van der Waals surface area contributed by atoms with Gasteiger partial charge in [-0.3, -0.25) is 9.20 Å². The average Bonchev–Trinajstić information content (AvgIpc) is 3.04. The van der Waals surface area contributed by atoms with Crippen molar-refractivity contribution in [2.45, 2.75) is 13.8 Å². The number of benzene rings is 2. The lowest BCUT2D eigenvalue weighted by Gasteiger charge is -2.00. The van der Waals surface area contributed by atoms with Crippen LogP contribution in [0.5, 0.6) is 0 Å². The molecule has 0 saturated heterocycles. The molecule has 2 aromatic carbocycles. The van der Waals surface area contributed by atoms with E-state index in [1.807, 2.05) is 66.1 Å². The molecule has 0 amide bonds. The highest BCUT2D eigenvalue weighted by Gasteiger charge is 2.14. The summed E-state index contributed by atoms with van der Waals surface area (Å²) < 4.78 is 1.92. The predicted octanol–water partition coefficient (Wildman–Crippen LogP) is 5.93. The Kier molecular flexibility index (Phi) is 4.34. The molecule has 5 nitrogen and oxygen atoms in total. The van der Waals surface area contributed by atoms with Crippen molar-refractivity contribution in [2.75, 3.05) is 0 Å². The molecular formula is C22H18N4O. The van der Waals surface area contributed by atoms with E-state index in [0.29, 0.717) is 17.1 Å². The number of hydrogen-bond acceptors (Lipinski definition) is 4. The summed E-state index contributed by atoms with van der Waals surface area (Å²) in [6.45, 7) is 3.57. The second-order valence-electron chi connectivity index (χ2n) is 6.39. The number of aryl methyl sites for hydroxylation is 1. The second-order valence-corrected chi connectivity index (χ2v) is 6.39. The maximum absolute atomic E-state index is 11.6. The van der Waals surface area contributed by atoms with Gasteiger partial charge < -0.3 is 0 Å². The number of carbonyl (C=O) groups is 1. The van der Waals surface area contributed by atoms with E-state index in [1.54, 1.807) is 18.2 Å². The van der Waals surface area contributed by atoms with E-state index in [2.05, 4.69) is 10.2 Å². The van der Waals surface area contributed by atoms with Crippen LogP contribution in [0.1, 0.15) is 22.8 Å². The zero-order chi connectivity index (χ0) is 18.8. The van der Waals surface area contributed by atoms with Crippen LogP contribution in [0.3, 0.4) is 0 Å². The molecule has 0 spiro atoms. The highest BCUT2D eigenvalue weighted by molar-refractivity contribution is 5.94. The third-order valence-electron chi connectivity index (χ3n) is 4.32. The molecule has 0 aliphatic heterocycles. The summed E-state index contributed by atoms with van der Waals surface area (Å²) in [6.07, 6.45) is 1.95. The topological polar surface area (TPSA) is 59.1 Å². The first-order valence-corrected chi connectivity index (χ1v) is 8.69. The fourth-order valence-corrected chi connectivity index (χ4v) is 2.91. The van der Waals surface area contributed by atoms with E-state index in [9.17, 15) is 4.79 Å². The number of pyridine rings is 1. The van der Waals surface area contributed by atoms with Crippen molar-refractivity contribution in [2.24, 2.45) is 10.2 Å². The molecule has 27 heavy (non-hydrogen) atoms. The largest absolute Gasteiger partial charge is 0.295 e. The van der Waals surface area contributed by atoms with Gasteiger partial charge in [-0.05, 0) is 43.7 Å². The van der Waals surface area contributed by atoms with Gasteiger partial charge in [0, 0.05) is 17.3 Å². The molecule has 0 radical (unpaired) electrons. The van der Waals surface area contributed by atoms with Gasteiger partial charge in [0.1, 0.15) is 11.3 Å². The van der Waals surface area contributed by atoms with E-state index in [-0.39, 0.29) is 5.78 Å². The second kappa shape index (κ2) is 6.96. The minimum Gasteiger partial charge on any atom is -0.295 e. The van der Waals surface area contributed by atoms with Crippen molar-refractivity contribution in [3.8, 4) is 11.3 Å². The number of fused-ring (bicyclic) bond motifs is 1. The first-order valence-electron chi connectivity index (χ1n) is 8.69. The molecule has 0 atom stereocenters. The number of nitrogens with zero attached hydrogens (tertiary/aromatic N) is 4. The normalized spacial score (nSPS) is 11.3. The number of ketones is 1. The fraction of sp³-hybridized carbons (Fsp3) is 0.0909. The summed E-state index contributed by atoms with van der Waals surface area (Å²) in [5.41, 5.74) is 4.94. The van der Waals surface area contributed by atoms with Gasteiger partial charge in [0.15, 0.2) is 11.6 Å². The molecule has 4 rings (SSSR count). The lowest BCUT2D eigenvalue weighted by atomic mass is 10.1. The van der Waals surface area contributed by atoms with Crippen LogP contribution in [0.25, 0.3) is 16.9 Å². The molecule has 0 fully saturated rings. The number of hydrogen-bond donors (Lipinski definition) is 0. The third-order valence-corrected chi connectivity index (χ3v) is 4.32. The molecule has 0 unspecified atom stereocenters. The number of Topliss-reactive ketones (excluding diaryl/α,β-unsaturated/α-hetero) is 1. The Morgan fingerprint density at radius 1 is 0.963 bits per heavy atom.